The lowest BCUT2D eigenvalue weighted by atomic mass is 10.1. The summed E-state index contributed by atoms with van der Waals surface area (Å²) in [5, 5.41) is 4.26. The Kier molecular flexibility index (Phi) is 5.46. The van der Waals surface area contributed by atoms with Crippen LogP contribution in [0.25, 0.3) is 0 Å². The van der Waals surface area contributed by atoms with E-state index in [1.807, 2.05) is 18.2 Å². The molecule has 0 fully saturated rings. The normalized spacial score (nSPS) is 12.4. The summed E-state index contributed by atoms with van der Waals surface area (Å²) in [4.78, 5) is 0. The van der Waals surface area contributed by atoms with Crippen LogP contribution in [-0.4, -0.2) is 0 Å². The molecule has 0 heterocycles. The topological polar surface area (TPSA) is 12.0 Å². The minimum atomic E-state index is 0.291. The van der Waals surface area contributed by atoms with Gasteiger partial charge in [0.2, 0.25) is 0 Å². The van der Waals surface area contributed by atoms with Crippen molar-refractivity contribution in [1.29, 1.82) is 0 Å². The Bertz CT molecular complexity index is 555. The summed E-state index contributed by atoms with van der Waals surface area (Å²) >= 11 is 13.0. The quantitative estimate of drug-likeness (QED) is 0.689. The van der Waals surface area contributed by atoms with Crippen LogP contribution in [0.1, 0.15) is 24.1 Å². The zero-order valence-corrected chi connectivity index (χ0v) is 14.4. The summed E-state index contributed by atoms with van der Waals surface area (Å²) in [5.74, 6) is 0. The minimum Gasteiger partial charge on any atom is -0.306 e. The molecule has 0 aliphatic carbocycles. The SMILES string of the molecule is C[C@H](NCc1cc(Cl)ccc1Br)c1ccc(Br)cc1. The fourth-order valence-electron chi connectivity index (χ4n) is 1.81. The van der Waals surface area contributed by atoms with E-state index in [0.29, 0.717) is 6.04 Å². The van der Waals surface area contributed by atoms with Crippen LogP contribution in [0.4, 0.5) is 0 Å². The molecule has 2 aromatic rings. The Hall–Kier alpha value is -0.350. The van der Waals surface area contributed by atoms with E-state index < -0.39 is 0 Å². The maximum atomic E-state index is 6.01. The zero-order valence-electron chi connectivity index (χ0n) is 10.5. The maximum absolute atomic E-state index is 6.01. The van der Waals surface area contributed by atoms with Crippen LogP contribution in [0, 0.1) is 0 Å². The van der Waals surface area contributed by atoms with Crippen LogP contribution >= 0.6 is 43.5 Å². The van der Waals surface area contributed by atoms with Crippen molar-refractivity contribution in [3.8, 4) is 0 Å². The molecule has 4 heteroatoms. The molecular formula is C15H14Br2ClN. The summed E-state index contributed by atoms with van der Waals surface area (Å²) in [5.41, 5.74) is 2.43. The first-order valence-electron chi connectivity index (χ1n) is 5.99. The smallest absolute Gasteiger partial charge is 0.0410 e. The average molecular weight is 404 g/mol. The predicted molar refractivity (Wildman–Crippen MR) is 88.5 cm³/mol. The summed E-state index contributed by atoms with van der Waals surface area (Å²) in [6.45, 7) is 2.93. The van der Waals surface area contributed by atoms with E-state index in [0.717, 1.165) is 26.1 Å². The van der Waals surface area contributed by atoms with Gasteiger partial charge in [0, 0.05) is 26.6 Å². The van der Waals surface area contributed by atoms with Crippen LogP contribution < -0.4 is 5.32 Å². The fraction of sp³-hybridized carbons (Fsp3) is 0.200. The Balaban J connectivity index is 2.02. The van der Waals surface area contributed by atoms with Crippen LogP contribution in [-0.2, 0) is 6.54 Å². The van der Waals surface area contributed by atoms with E-state index in [-0.39, 0.29) is 0 Å². The monoisotopic (exact) mass is 401 g/mol. The third-order valence-electron chi connectivity index (χ3n) is 2.98. The van der Waals surface area contributed by atoms with Crippen LogP contribution in [0.5, 0.6) is 0 Å². The van der Waals surface area contributed by atoms with Gasteiger partial charge in [-0.15, -0.1) is 0 Å². The molecule has 0 aliphatic heterocycles. The molecule has 1 atom stereocenters. The van der Waals surface area contributed by atoms with Crippen LogP contribution in [0.2, 0.25) is 5.02 Å². The standard InChI is InChI=1S/C15H14Br2ClN/c1-10(11-2-4-13(16)5-3-11)19-9-12-8-14(18)6-7-15(12)17/h2-8,10,19H,9H2,1H3/t10-/m0/s1. The molecule has 0 saturated carbocycles. The van der Waals surface area contributed by atoms with Crippen molar-refractivity contribution in [2.45, 2.75) is 19.5 Å². The Morgan fingerprint density at radius 1 is 1.11 bits per heavy atom. The van der Waals surface area contributed by atoms with E-state index in [1.54, 1.807) is 0 Å². The van der Waals surface area contributed by atoms with Gasteiger partial charge in [0.25, 0.3) is 0 Å². The van der Waals surface area contributed by atoms with Crippen molar-refractivity contribution >= 4 is 43.5 Å². The first-order valence-corrected chi connectivity index (χ1v) is 7.95. The molecule has 0 aromatic heterocycles. The predicted octanol–water partition coefficient (Wildman–Crippen LogP) is 5.72. The second-order valence-electron chi connectivity index (χ2n) is 4.39. The molecule has 19 heavy (non-hydrogen) atoms. The lowest BCUT2D eigenvalue weighted by molar-refractivity contribution is 0.573. The van der Waals surface area contributed by atoms with Crippen molar-refractivity contribution in [2.75, 3.05) is 0 Å². The van der Waals surface area contributed by atoms with Crippen molar-refractivity contribution in [1.82, 2.24) is 5.32 Å². The van der Waals surface area contributed by atoms with Gasteiger partial charge in [-0.1, -0.05) is 55.6 Å². The number of benzene rings is 2. The molecule has 2 aromatic carbocycles. The highest BCUT2D eigenvalue weighted by atomic mass is 79.9. The number of nitrogens with one attached hydrogen (secondary N) is 1. The molecule has 0 saturated heterocycles. The summed E-state index contributed by atoms with van der Waals surface area (Å²) in [7, 11) is 0. The van der Waals surface area contributed by atoms with Gasteiger partial charge in [-0.3, -0.25) is 0 Å². The van der Waals surface area contributed by atoms with E-state index in [2.05, 4.69) is 68.4 Å². The van der Waals surface area contributed by atoms with Gasteiger partial charge in [0.1, 0.15) is 0 Å². The first kappa shape index (κ1) is 15.0. The first-order chi connectivity index (χ1) is 9.06. The molecule has 1 N–H and O–H groups in total. The molecule has 0 spiro atoms. The third kappa shape index (κ3) is 4.32. The van der Waals surface area contributed by atoms with Crippen LogP contribution in [0.3, 0.4) is 0 Å². The number of hydrogen-bond donors (Lipinski definition) is 1. The summed E-state index contributed by atoms with van der Waals surface area (Å²) in [6.07, 6.45) is 0. The molecule has 0 aliphatic rings. The largest absolute Gasteiger partial charge is 0.306 e. The van der Waals surface area contributed by atoms with E-state index >= 15 is 0 Å². The molecule has 0 radical (unpaired) electrons. The lowest BCUT2D eigenvalue weighted by Gasteiger charge is -2.15. The summed E-state index contributed by atoms with van der Waals surface area (Å²) < 4.78 is 2.17. The van der Waals surface area contributed by atoms with Gasteiger partial charge < -0.3 is 5.32 Å². The van der Waals surface area contributed by atoms with Crippen molar-refractivity contribution in [3.63, 3.8) is 0 Å². The molecule has 0 amide bonds. The second-order valence-corrected chi connectivity index (χ2v) is 6.60. The lowest BCUT2D eigenvalue weighted by Crippen LogP contribution is -2.18. The molecule has 100 valence electrons. The fourth-order valence-corrected chi connectivity index (χ4v) is 2.66. The molecule has 2 rings (SSSR count). The van der Waals surface area contributed by atoms with Crippen molar-refractivity contribution in [3.05, 3.63) is 67.6 Å². The third-order valence-corrected chi connectivity index (χ3v) is 4.51. The van der Waals surface area contributed by atoms with E-state index in [1.165, 1.54) is 5.56 Å². The molecular weight excluding hydrogens is 389 g/mol. The molecule has 0 unspecified atom stereocenters. The van der Waals surface area contributed by atoms with E-state index in [9.17, 15) is 0 Å². The number of hydrogen-bond acceptors (Lipinski definition) is 1. The average Bonchev–Trinajstić information content (AvgIpc) is 2.40. The van der Waals surface area contributed by atoms with Gasteiger partial charge >= 0.3 is 0 Å². The summed E-state index contributed by atoms with van der Waals surface area (Å²) in [6, 6.07) is 14.5. The highest BCUT2D eigenvalue weighted by Crippen LogP contribution is 2.22. The van der Waals surface area contributed by atoms with Gasteiger partial charge in [0.05, 0.1) is 0 Å². The minimum absolute atomic E-state index is 0.291. The van der Waals surface area contributed by atoms with Crippen molar-refractivity contribution < 1.29 is 0 Å². The maximum Gasteiger partial charge on any atom is 0.0410 e. The highest BCUT2D eigenvalue weighted by molar-refractivity contribution is 9.10. The Labute approximate surface area is 135 Å². The Morgan fingerprint density at radius 2 is 1.79 bits per heavy atom. The Morgan fingerprint density at radius 3 is 2.47 bits per heavy atom. The van der Waals surface area contributed by atoms with Crippen molar-refractivity contribution in [2.24, 2.45) is 0 Å². The number of rotatable bonds is 4. The number of halogens is 3. The second kappa shape index (κ2) is 6.89. The van der Waals surface area contributed by atoms with Gasteiger partial charge in [-0.2, -0.15) is 0 Å². The van der Waals surface area contributed by atoms with E-state index in [4.69, 9.17) is 11.6 Å². The highest BCUT2D eigenvalue weighted by Gasteiger charge is 2.06. The van der Waals surface area contributed by atoms with Gasteiger partial charge in [-0.25, -0.2) is 0 Å². The molecule has 0 bridgehead atoms. The van der Waals surface area contributed by atoms with Gasteiger partial charge in [-0.05, 0) is 48.4 Å². The zero-order chi connectivity index (χ0) is 13.8. The molecule has 1 nitrogen and oxygen atoms in total. The van der Waals surface area contributed by atoms with Gasteiger partial charge in [0.15, 0.2) is 0 Å². The van der Waals surface area contributed by atoms with Crippen LogP contribution in [0.15, 0.2) is 51.4 Å².